The average Bonchev–Trinajstić information content (AvgIpc) is 3.25. The minimum absolute atomic E-state index is 0.0613. The van der Waals surface area contributed by atoms with Crippen LogP contribution in [-0.2, 0) is 16.0 Å². The highest BCUT2D eigenvalue weighted by Crippen LogP contribution is 2.21. The van der Waals surface area contributed by atoms with Crippen molar-refractivity contribution in [1.82, 2.24) is 10.2 Å². The number of halogens is 2. The molecule has 0 saturated carbocycles. The Morgan fingerprint density at radius 2 is 2.18 bits per heavy atom. The molecule has 1 N–H and O–H groups in total. The van der Waals surface area contributed by atoms with Gasteiger partial charge in [0.2, 0.25) is 0 Å². The second-order valence-corrected chi connectivity index (χ2v) is 6.93. The molecule has 8 heteroatoms. The molecule has 2 heterocycles. The first-order valence-electron chi connectivity index (χ1n) is 9.92. The highest BCUT2D eigenvalue weighted by atomic mass is 19.3. The Labute approximate surface area is 164 Å². The largest absolute Gasteiger partial charge is 0.488 e. The molecule has 0 radical (unpaired) electrons. The van der Waals surface area contributed by atoms with E-state index in [0.717, 1.165) is 50.6 Å². The fourth-order valence-corrected chi connectivity index (χ4v) is 3.47. The van der Waals surface area contributed by atoms with E-state index >= 15 is 0 Å². The molecule has 0 spiro atoms. The maximum absolute atomic E-state index is 12.3. The third-order valence-corrected chi connectivity index (χ3v) is 4.79. The zero-order valence-corrected chi connectivity index (χ0v) is 16.3. The van der Waals surface area contributed by atoms with Gasteiger partial charge in [-0.2, -0.15) is 0 Å². The monoisotopic (exact) mass is 397 g/mol. The summed E-state index contributed by atoms with van der Waals surface area (Å²) in [6.45, 7) is 5.60. The number of ether oxygens (including phenoxy) is 3. The van der Waals surface area contributed by atoms with Crippen molar-refractivity contribution < 1.29 is 23.0 Å². The molecule has 6 nitrogen and oxygen atoms in total. The van der Waals surface area contributed by atoms with Crippen LogP contribution in [0.1, 0.15) is 25.3 Å². The summed E-state index contributed by atoms with van der Waals surface area (Å²) in [6.07, 6.45) is -0.138. The summed E-state index contributed by atoms with van der Waals surface area (Å²) in [7, 11) is 0. The standard InChI is InChI=1S/C20H29F2N3O3/c1-2-23-20(25-8-10-27-18(13-25)17-7-4-9-26-17)24-12-15-5-3-6-16(11-15)28-14-19(21)22/h3,5-6,11,17-19H,2,4,7-10,12-14H2,1H3,(H,23,24). The van der Waals surface area contributed by atoms with E-state index in [1.165, 1.54) is 0 Å². The highest BCUT2D eigenvalue weighted by molar-refractivity contribution is 5.80. The van der Waals surface area contributed by atoms with Gasteiger partial charge < -0.3 is 24.4 Å². The molecule has 0 aromatic heterocycles. The molecule has 2 aliphatic rings. The number of hydrogen-bond acceptors (Lipinski definition) is 4. The van der Waals surface area contributed by atoms with Crippen LogP contribution in [0.4, 0.5) is 8.78 Å². The number of alkyl halides is 2. The number of guanidine groups is 1. The molecular weight excluding hydrogens is 368 g/mol. The second-order valence-electron chi connectivity index (χ2n) is 6.93. The third-order valence-electron chi connectivity index (χ3n) is 4.79. The van der Waals surface area contributed by atoms with Crippen LogP contribution in [0.3, 0.4) is 0 Å². The van der Waals surface area contributed by atoms with Gasteiger partial charge in [0, 0.05) is 26.2 Å². The van der Waals surface area contributed by atoms with E-state index in [2.05, 4.69) is 10.2 Å². The molecular formula is C20H29F2N3O3. The summed E-state index contributed by atoms with van der Waals surface area (Å²) in [5.74, 6) is 1.26. The van der Waals surface area contributed by atoms with Crippen LogP contribution in [0.2, 0.25) is 0 Å². The minimum atomic E-state index is -2.49. The molecule has 28 heavy (non-hydrogen) atoms. The summed E-state index contributed by atoms with van der Waals surface area (Å²) in [4.78, 5) is 6.94. The summed E-state index contributed by atoms with van der Waals surface area (Å²) in [6, 6.07) is 7.14. The first-order chi connectivity index (χ1) is 13.7. The molecule has 1 aromatic rings. The zero-order valence-electron chi connectivity index (χ0n) is 16.3. The zero-order chi connectivity index (χ0) is 19.8. The topological polar surface area (TPSA) is 55.3 Å². The van der Waals surface area contributed by atoms with Gasteiger partial charge >= 0.3 is 0 Å². The maximum Gasteiger partial charge on any atom is 0.272 e. The number of hydrogen-bond donors (Lipinski definition) is 1. The predicted octanol–water partition coefficient (Wildman–Crippen LogP) is 2.68. The molecule has 2 fully saturated rings. The van der Waals surface area contributed by atoms with Crippen molar-refractivity contribution in [2.24, 2.45) is 4.99 Å². The lowest BCUT2D eigenvalue weighted by atomic mass is 10.1. The van der Waals surface area contributed by atoms with Crippen LogP contribution < -0.4 is 10.1 Å². The van der Waals surface area contributed by atoms with Crippen LogP contribution in [0.15, 0.2) is 29.3 Å². The average molecular weight is 397 g/mol. The van der Waals surface area contributed by atoms with Gasteiger partial charge in [0.05, 0.1) is 19.3 Å². The number of morpholine rings is 1. The van der Waals surface area contributed by atoms with E-state index in [9.17, 15) is 8.78 Å². The molecule has 2 atom stereocenters. The van der Waals surface area contributed by atoms with Crippen LogP contribution in [0.25, 0.3) is 0 Å². The quantitative estimate of drug-likeness (QED) is 0.566. The van der Waals surface area contributed by atoms with Crippen LogP contribution in [0.5, 0.6) is 5.75 Å². The van der Waals surface area contributed by atoms with E-state index in [1.54, 1.807) is 18.2 Å². The Bertz CT molecular complexity index is 639. The molecule has 0 amide bonds. The van der Waals surface area contributed by atoms with Crippen LogP contribution in [-0.4, -0.2) is 68.9 Å². The lowest BCUT2D eigenvalue weighted by molar-refractivity contribution is -0.0817. The maximum atomic E-state index is 12.3. The Balaban J connectivity index is 1.62. The van der Waals surface area contributed by atoms with Crippen LogP contribution >= 0.6 is 0 Å². The Morgan fingerprint density at radius 1 is 1.32 bits per heavy atom. The summed E-state index contributed by atoms with van der Waals surface area (Å²) >= 11 is 0. The number of aliphatic imine (C=N–C) groups is 1. The van der Waals surface area contributed by atoms with Gasteiger partial charge in [-0.15, -0.1) is 0 Å². The van der Waals surface area contributed by atoms with Gasteiger partial charge in [-0.3, -0.25) is 0 Å². The van der Waals surface area contributed by atoms with Gasteiger partial charge in [-0.1, -0.05) is 12.1 Å². The lowest BCUT2D eigenvalue weighted by Gasteiger charge is -2.37. The Kier molecular flexibility index (Phi) is 7.85. The molecule has 0 bridgehead atoms. The van der Waals surface area contributed by atoms with Gasteiger partial charge in [0.25, 0.3) is 6.43 Å². The molecule has 3 rings (SSSR count). The van der Waals surface area contributed by atoms with Crippen molar-refractivity contribution in [3.63, 3.8) is 0 Å². The first-order valence-corrected chi connectivity index (χ1v) is 9.92. The Hall–Kier alpha value is -1.93. The lowest BCUT2D eigenvalue weighted by Crippen LogP contribution is -2.53. The SMILES string of the molecule is CCNC(=NCc1cccc(OCC(F)F)c1)N1CCOC(C2CCCO2)C1. The van der Waals surface area contributed by atoms with E-state index in [-0.39, 0.29) is 12.2 Å². The molecule has 2 unspecified atom stereocenters. The molecule has 2 aliphatic heterocycles. The molecule has 156 valence electrons. The van der Waals surface area contributed by atoms with Crippen molar-refractivity contribution in [3.8, 4) is 5.75 Å². The van der Waals surface area contributed by atoms with E-state index < -0.39 is 13.0 Å². The first kappa shape index (κ1) is 20.8. The van der Waals surface area contributed by atoms with Gasteiger partial charge in [-0.25, -0.2) is 13.8 Å². The van der Waals surface area contributed by atoms with Crippen molar-refractivity contribution >= 4 is 5.96 Å². The van der Waals surface area contributed by atoms with Crippen molar-refractivity contribution in [2.75, 3.05) is 39.5 Å². The summed E-state index contributed by atoms with van der Waals surface area (Å²) in [5.41, 5.74) is 0.908. The van der Waals surface area contributed by atoms with Crippen molar-refractivity contribution in [1.29, 1.82) is 0 Å². The van der Waals surface area contributed by atoms with E-state index in [4.69, 9.17) is 19.2 Å². The number of nitrogens with zero attached hydrogens (tertiary/aromatic N) is 2. The molecule has 2 saturated heterocycles. The fourth-order valence-electron chi connectivity index (χ4n) is 3.47. The smallest absolute Gasteiger partial charge is 0.272 e. The van der Waals surface area contributed by atoms with E-state index in [1.807, 2.05) is 13.0 Å². The molecule has 0 aliphatic carbocycles. The summed E-state index contributed by atoms with van der Waals surface area (Å²) < 4.78 is 41.5. The number of benzene rings is 1. The van der Waals surface area contributed by atoms with Crippen molar-refractivity contribution in [2.45, 2.75) is 44.9 Å². The normalized spacial score (nSPS) is 23.3. The Morgan fingerprint density at radius 3 is 2.93 bits per heavy atom. The van der Waals surface area contributed by atoms with E-state index in [0.29, 0.717) is 18.9 Å². The number of nitrogens with one attached hydrogen (secondary N) is 1. The summed E-state index contributed by atoms with van der Waals surface area (Å²) in [5, 5.41) is 3.34. The van der Waals surface area contributed by atoms with Crippen LogP contribution in [0, 0.1) is 0 Å². The predicted molar refractivity (Wildman–Crippen MR) is 103 cm³/mol. The minimum Gasteiger partial charge on any atom is -0.488 e. The fraction of sp³-hybridized carbons (Fsp3) is 0.650. The third kappa shape index (κ3) is 6.04. The van der Waals surface area contributed by atoms with Gasteiger partial charge in [0.15, 0.2) is 5.96 Å². The van der Waals surface area contributed by atoms with Crippen molar-refractivity contribution in [3.05, 3.63) is 29.8 Å². The van der Waals surface area contributed by atoms with Gasteiger partial charge in [-0.05, 0) is 37.5 Å². The highest BCUT2D eigenvalue weighted by Gasteiger charge is 2.32. The second kappa shape index (κ2) is 10.6. The van der Waals surface area contributed by atoms with Gasteiger partial charge in [0.1, 0.15) is 18.5 Å². The number of rotatable bonds is 7. The molecule has 1 aromatic carbocycles.